The predicted octanol–water partition coefficient (Wildman–Crippen LogP) is 30.0. The van der Waals surface area contributed by atoms with Gasteiger partial charge in [0.25, 0.3) is 0 Å². The molecular weight excluding hydrogens is 1500 g/mol. The number of fused-ring (bicyclic) bond motifs is 12. The van der Waals surface area contributed by atoms with Crippen molar-refractivity contribution < 1.29 is 35.9 Å². The fourth-order valence-electron chi connectivity index (χ4n) is 21.5. The highest BCUT2D eigenvalue weighted by Crippen LogP contribution is 2.53. The molecular formula is C110H112N8O4+4. The fourth-order valence-corrected chi connectivity index (χ4v) is 21.5. The summed E-state index contributed by atoms with van der Waals surface area (Å²) in [4.78, 5) is 15.5. The molecule has 8 heterocycles. The maximum absolute atomic E-state index is 7.84. The molecule has 4 fully saturated rings. The van der Waals surface area contributed by atoms with Crippen LogP contribution < -0.4 is 18.3 Å². The zero-order valence-electron chi connectivity index (χ0n) is 73.4. The second kappa shape index (κ2) is 34.6. The van der Waals surface area contributed by atoms with Gasteiger partial charge in [0, 0.05) is 97.2 Å². The molecule has 4 saturated carbocycles. The molecule has 12 nitrogen and oxygen atoms in total. The van der Waals surface area contributed by atoms with Crippen LogP contribution >= 0.6 is 0 Å². The van der Waals surface area contributed by atoms with Gasteiger partial charge in [0.1, 0.15) is 72.9 Å². The Balaban J connectivity index is 0.000000116. The van der Waals surface area contributed by atoms with Gasteiger partial charge in [0.05, 0.1) is 48.5 Å². The molecule has 0 aliphatic heterocycles. The third-order valence-electron chi connectivity index (χ3n) is 27.7. The van der Waals surface area contributed by atoms with Gasteiger partial charge in [-0.25, -0.2) is 37.6 Å². The number of hydrogen-bond acceptors (Lipinski definition) is 4. The Hall–Kier alpha value is -12.5. The summed E-state index contributed by atoms with van der Waals surface area (Å²) in [6, 6.07) is 50.7. The summed E-state index contributed by atoms with van der Waals surface area (Å²) in [5, 5.41) is 9.01. The van der Waals surface area contributed by atoms with E-state index in [1.807, 2.05) is 42.5 Å². The first kappa shape index (κ1) is 81.9. The minimum atomic E-state index is 0.384. The summed E-state index contributed by atoms with van der Waals surface area (Å²) in [6.07, 6.45) is 33.0. The molecule has 16 aromatic rings. The Morgan fingerprint density at radius 1 is 0.303 bits per heavy atom. The van der Waals surface area contributed by atoms with Crippen LogP contribution in [0.5, 0.6) is 0 Å². The molecule has 0 saturated heterocycles. The van der Waals surface area contributed by atoms with Gasteiger partial charge in [-0.1, -0.05) is 139 Å². The third-order valence-corrected chi connectivity index (χ3v) is 27.7. The number of aryl methyl sites for hydroxylation is 9. The molecule has 8 aromatic heterocycles. The predicted molar refractivity (Wildman–Crippen MR) is 497 cm³/mol. The van der Waals surface area contributed by atoms with Crippen molar-refractivity contribution in [2.75, 3.05) is 0 Å². The average Bonchev–Trinajstić information content (AvgIpc) is 1.56. The number of pyridine rings is 4. The molecule has 0 radical (unpaired) electrons. The minimum Gasteiger partial charge on any atom is -0.456 e. The van der Waals surface area contributed by atoms with Crippen molar-refractivity contribution in [3.63, 3.8) is 0 Å². The van der Waals surface area contributed by atoms with E-state index in [4.69, 9.17) is 44.0 Å². The minimum absolute atomic E-state index is 0.384. The molecule has 0 atom stereocenters. The van der Waals surface area contributed by atoms with Crippen LogP contribution in [-0.2, 0) is 28.2 Å². The first-order valence-electron chi connectivity index (χ1n) is 44.6. The van der Waals surface area contributed by atoms with Gasteiger partial charge in [-0.05, 0) is 239 Å². The summed E-state index contributed by atoms with van der Waals surface area (Å²) in [6.45, 7) is 50.6. The highest BCUT2D eigenvalue weighted by atomic mass is 16.3. The lowest BCUT2D eigenvalue weighted by Crippen LogP contribution is -2.30. The standard InChI is InChI=1S/C29H31N2O.3C27H27N2O/c1-18(2)22-17-19(3)25(24-13-9-10-16-31(24)5)29-27(22)21-14-15-23(30-4)26(28(21)32-29)20-11-7-6-8-12-20;2*1-17-13-14-20-21-16-22(28-3)18(2)25(19-10-6-5-7-11-19)27(21)30-26(20)24(17)23-12-8-9-15-29(23)4;1-17-14-18(2)25(23-12-8-9-13-29(23)4)27-24(17)22-16-20(28-3)15-21(26(22)30-27)19-10-6-5-7-11-19/h9-10,13-18,20H,6-8,11-12H2,1-3,5H3;3*8-9,12-16,19H,5-7,10-11H2,1-2,4H3/q4*+1. The van der Waals surface area contributed by atoms with Gasteiger partial charge in [-0.3, -0.25) is 0 Å². The van der Waals surface area contributed by atoms with Crippen molar-refractivity contribution in [2.24, 2.45) is 28.2 Å². The Morgan fingerprint density at radius 3 is 1.08 bits per heavy atom. The molecule has 0 spiro atoms. The third kappa shape index (κ3) is 14.9. The van der Waals surface area contributed by atoms with Gasteiger partial charge in [-0.2, -0.15) is 0 Å². The molecule has 0 amide bonds. The van der Waals surface area contributed by atoms with Crippen molar-refractivity contribution in [3.05, 3.63) is 283 Å². The van der Waals surface area contributed by atoms with E-state index in [0.29, 0.717) is 29.6 Å². The lowest BCUT2D eigenvalue weighted by atomic mass is 9.81. The smallest absolute Gasteiger partial charge is 0.216 e. The number of hydrogen-bond donors (Lipinski definition) is 0. The van der Waals surface area contributed by atoms with E-state index in [-0.39, 0.29) is 0 Å². The van der Waals surface area contributed by atoms with Gasteiger partial charge in [0.15, 0.2) is 47.5 Å². The maximum atomic E-state index is 7.84. The summed E-state index contributed by atoms with van der Waals surface area (Å²) >= 11 is 0. The monoisotopic (exact) mass is 1610 g/mol. The molecule has 20 rings (SSSR count). The first-order valence-corrected chi connectivity index (χ1v) is 44.6. The van der Waals surface area contributed by atoms with E-state index >= 15 is 0 Å². The van der Waals surface area contributed by atoms with Gasteiger partial charge < -0.3 is 17.7 Å². The molecule has 4 aliphatic carbocycles. The number of furan rings is 4. The SMILES string of the molecule is [C-]#[N+]c1cc(C2CCCCC2)c2oc3c(-c4cccc[n+]4C)c(C)cc(C)c3c2c1.[C-]#[N+]c1cc2c(oc3c(-c4cccc[n+]4C)c(C)ccc32)c(C2CCCCC2)c1C.[C-]#[N+]c1cc2c(oc3c(-c4cccc[n+]4C)c(C)ccc32)c(C2CCCCC2)c1C.[C-]#[N+]c1ccc2c(oc3c(-c4cccc[n+]4C)c(C)cc(C(C)C)c32)c1C1CCCCC1. The zero-order chi connectivity index (χ0) is 84.9. The van der Waals surface area contributed by atoms with E-state index in [1.165, 1.54) is 171 Å². The number of rotatable bonds is 9. The van der Waals surface area contributed by atoms with E-state index in [9.17, 15) is 0 Å². The summed E-state index contributed by atoms with van der Waals surface area (Å²) < 4.78 is 35.6. The van der Waals surface area contributed by atoms with Crippen molar-refractivity contribution in [1.82, 2.24) is 0 Å². The van der Waals surface area contributed by atoms with E-state index in [0.717, 1.165) is 180 Å². The van der Waals surface area contributed by atoms with Crippen LogP contribution in [0.1, 0.15) is 239 Å². The fraction of sp³-hybridized carbons (Fsp3) is 0.345. The van der Waals surface area contributed by atoms with Crippen LogP contribution in [0.2, 0.25) is 0 Å². The molecule has 0 unspecified atom stereocenters. The number of benzene rings is 8. The first-order chi connectivity index (χ1) is 59.3. The lowest BCUT2D eigenvalue weighted by molar-refractivity contribution is -0.660. The van der Waals surface area contributed by atoms with Crippen molar-refractivity contribution in [1.29, 1.82) is 0 Å². The summed E-state index contributed by atoms with van der Waals surface area (Å²) in [5.41, 5.74) is 34.4. The number of nitrogens with zero attached hydrogens (tertiary/aromatic N) is 8. The zero-order valence-corrected chi connectivity index (χ0v) is 73.4. The highest BCUT2D eigenvalue weighted by molar-refractivity contribution is 6.16. The van der Waals surface area contributed by atoms with Gasteiger partial charge in [0.2, 0.25) is 22.8 Å². The van der Waals surface area contributed by atoms with E-state index in [2.05, 4.69) is 256 Å². The Morgan fingerprint density at radius 2 is 0.672 bits per heavy atom. The van der Waals surface area contributed by atoms with Crippen molar-refractivity contribution in [2.45, 2.75) is 220 Å². The van der Waals surface area contributed by atoms with Crippen LogP contribution in [0.15, 0.2) is 188 Å². The molecule has 122 heavy (non-hydrogen) atoms. The van der Waals surface area contributed by atoms with Crippen molar-refractivity contribution >= 4 is 111 Å². The van der Waals surface area contributed by atoms with Gasteiger partial charge in [-0.15, -0.1) is 0 Å². The van der Waals surface area contributed by atoms with Crippen molar-refractivity contribution in [3.8, 4) is 45.0 Å². The molecule has 12 heteroatoms. The van der Waals surface area contributed by atoms with Crippen LogP contribution in [-0.4, -0.2) is 0 Å². The number of aromatic nitrogens is 4. The normalized spacial score (nSPS) is 15.0. The van der Waals surface area contributed by atoms with Crippen LogP contribution in [0, 0.1) is 74.8 Å². The van der Waals surface area contributed by atoms with E-state index in [1.54, 1.807) is 0 Å². The summed E-state index contributed by atoms with van der Waals surface area (Å²) in [5.74, 6) is 2.26. The largest absolute Gasteiger partial charge is 0.456 e. The molecule has 612 valence electrons. The average molecular weight is 1610 g/mol. The topological polar surface area (TPSA) is 85.5 Å². The Bertz CT molecular complexity index is 6780. The van der Waals surface area contributed by atoms with E-state index < -0.39 is 0 Å². The maximum Gasteiger partial charge on any atom is 0.216 e. The van der Waals surface area contributed by atoms with Crippen LogP contribution in [0.25, 0.3) is 152 Å². The Labute approximate surface area is 718 Å². The van der Waals surface area contributed by atoms with Gasteiger partial charge >= 0.3 is 0 Å². The van der Waals surface area contributed by atoms with Crippen LogP contribution in [0.4, 0.5) is 22.7 Å². The Kier molecular flexibility index (Phi) is 23.2. The molecule has 4 aliphatic rings. The highest BCUT2D eigenvalue weighted by Gasteiger charge is 2.34. The molecule has 0 N–H and O–H groups in total. The summed E-state index contributed by atoms with van der Waals surface area (Å²) in [7, 11) is 8.31. The lowest BCUT2D eigenvalue weighted by Gasteiger charge is -2.24. The molecule has 0 bridgehead atoms. The second-order valence-electron chi connectivity index (χ2n) is 35.8. The molecule has 8 aromatic carbocycles. The second-order valence-corrected chi connectivity index (χ2v) is 35.8. The quantitative estimate of drug-likeness (QED) is 0.106. The van der Waals surface area contributed by atoms with Crippen LogP contribution in [0.3, 0.4) is 0 Å².